The molecule has 2 N–H and O–H groups in total. The predicted molar refractivity (Wildman–Crippen MR) is 107 cm³/mol. The molecule has 0 aliphatic heterocycles. The molecule has 0 aliphatic rings. The van der Waals surface area contributed by atoms with Crippen LogP contribution in [0.1, 0.15) is 45.9 Å². The number of nitrogens with zero attached hydrogens (tertiary/aromatic N) is 3. The topological polar surface area (TPSA) is 71.3 Å². The third kappa shape index (κ3) is 4.22. The van der Waals surface area contributed by atoms with Gasteiger partial charge in [0.2, 0.25) is 16.0 Å². The highest BCUT2D eigenvalue weighted by Gasteiger charge is 2.19. The fourth-order valence-corrected chi connectivity index (χ4v) is 3.08. The van der Waals surface area contributed by atoms with Crippen LogP contribution in [0.2, 0.25) is 0 Å². The van der Waals surface area contributed by atoms with Crippen LogP contribution in [0, 0.1) is 5.92 Å². The van der Waals surface area contributed by atoms with Gasteiger partial charge < -0.3 is 10.6 Å². The summed E-state index contributed by atoms with van der Waals surface area (Å²) in [5, 5.41) is 11.6. The van der Waals surface area contributed by atoms with Crippen molar-refractivity contribution in [2.45, 2.75) is 46.6 Å². The van der Waals surface area contributed by atoms with Crippen molar-refractivity contribution in [2.75, 3.05) is 10.6 Å². The number of hydrogen-bond donors (Lipinski definition) is 2. The van der Waals surface area contributed by atoms with Crippen molar-refractivity contribution in [3.8, 4) is 0 Å². The molecule has 3 rings (SSSR count). The zero-order valence-corrected chi connectivity index (χ0v) is 16.6. The van der Waals surface area contributed by atoms with Gasteiger partial charge in [0, 0.05) is 23.6 Å². The van der Waals surface area contributed by atoms with E-state index < -0.39 is 0 Å². The first-order valence-corrected chi connectivity index (χ1v) is 9.54. The minimum Gasteiger partial charge on any atom is -0.356 e. The van der Waals surface area contributed by atoms with E-state index >= 15 is 0 Å². The Morgan fingerprint density at radius 1 is 1.23 bits per heavy atom. The van der Waals surface area contributed by atoms with Crippen LogP contribution in [0.25, 0.3) is 4.96 Å². The number of nitrogens with one attached hydrogen (secondary N) is 2. The molecule has 138 valence electrons. The van der Waals surface area contributed by atoms with Gasteiger partial charge in [0.05, 0.1) is 11.9 Å². The van der Waals surface area contributed by atoms with Crippen molar-refractivity contribution in [3.05, 3.63) is 41.7 Å². The maximum Gasteiger partial charge on any atom is 0.226 e. The van der Waals surface area contributed by atoms with Crippen molar-refractivity contribution in [1.29, 1.82) is 0 Å². The Morgan fingerprint density at radius 2 is 1.92 bits per heavy atom. The zero-order valence-electron chi connectivity index (χ0n) is 15.8. The Bertz CT molecular complexity index is 871. The quantitative estimate of drug-likeness (QED) is 0.702. The first-order valence-electron chi connectivity index (χ1n) is 8.73. The largest absolute Gasteiger partial charge is 0.356 e. The molecule has 0 saturated heterocycles. The normalized spacial score (nSPS) is 11.9. The minimum absolute atomic E-state index is 0.0216. The van der Waals surface area contributed by atoms with Gasteiger partial charge in [-0.1, -0.05) is 58.1 Å². The Morgan fingerprint density at radius 3 is 2.50 bits per heavy atom. The summed E-state index contributed by atoms with van der Waals surface area (Å²) < 4.78 is 1.83. The summed E-state index contributed by atoms with van der Waals surface area (Å²) in [5.74, 6) is -0.00408. The highest BCUT2D eigenvalue weighted by Crippen LogP contribution is 2.26. The van der Waals surface area contributed by atoms with Crippen molar-refractivity contribution < 1.29 is 4.79 Å². The number of rotatable bonds is 5. The second kappa shape index (κ2) is 7.07. The van der Waals surface area contributed by atoms with Crippen molar-refractivity contribution in [3.63, 3.8) is 0 Å². The summed E-state index contributed by atoms with van der Waals surface area (Å²) in [4.78, 5) is 17.3. The van der Waals surface area contributed by atoms with E-state index in [1.165, 1.54) is 0 Å². The Kier molecular flexibility index (Phi) is 5.00. The lowest BCUT2D eigenvalue weighted by Gasteiger charge is -2.13. The molecule has 3 aromatic rings. The number of benzene rings is 1. The molecule has 0 bridgehead atoms. The third-order valence-corrected chi connectivity index (χ3v) is 4.88. The van der Waals surface area contributed by atoms with Gasteiger partial charge in [-0.2, -0.15) is 0 Å². The molecule has 26 heavy (non-hydrogen) atoms. The Labute approximate surface area is 157 Å². The number of imidazole rings is 1. The SMILES string of the molecule is CC(C)C(=O)Nc1ccc(CNc2nn3cc(C(C)(C)C)nc3s2)cc1. The van der Waals surface area contributed by atoms with Gasteiger partial charge in [-0.3, -0.25) is 4.79 Å². The van der Waals surface area contributed by atoms with Crippen LogP contribution in [0.15, 0.2) is 30.5 Å². The van der Waals surface area contributed by atoms with E-state index in [1.54, 1.807) is 11.3 Å². The van der Waals surface area contributed by atoms with E-state index in [0.29, 0.717) is 6.54 Å². The van der Waals surface area contributed by atoms with E-state index in [0.717, 1.165) is 27.0 Å². The molecule has 1 aromatic carbocycles. The lowest BCUT2D eigenvalue weighted by molar-refractivity contribution is -0.118. The molecular formula is C19H25N5OS. The summed E-state index contributed by atoms with van der Waals surface area (Å²) in [6.45, 7) is 10.9. The van der Waals surface area contributed by atoms with Crippen molar-refractivity contribution in [1.82, 2.24) is 14.6 Å². The monoisotopic (exact) mass is 371 g/mol. The average Bonchev–Trinajstić information content (AvgIpc) is 3.12. The summed E-state index contributed by atoms with van der Waals surface area (Å²) in [7, 11) is 0. The second-order valence-corrected chi connectivity index (χ2v) is 8.66. The number of amides is 1. The number of hydrogen-bond acceptors (Lipinski definition) is 5. The molecule has 6 nitrogen and oxygen atoms in total. The number of carbonyl (C=O) groups is 1. The maximum absolute atomic E-state index is 11.7. The van der Waals surface area contributed by atoms with Crippen LogP contribution in [0.3, 0.4) is 0 Å². The van der Waals surface area contributed by atoms with Gasteiger partial charge in [0.15, 0.2) is 0 Å². The number of fused-ring (bicyclic) bond motifs is 1. The molecule has 0 fully saturated rings. The molecular weight excluding hydrogens is 346 g/mol. The Balaban J connectivity index is 1.61. The van der Waals surface area contributed by atoms with E-state index in [4.69, 9.17) is 0 Å². The molecule has 0 spiro atoms. The molecule has 0 aliphatic carbocycles. The number of aromatic nitrogens is 3. The van der Waals surface area contributed by atoms with E-state index in [9.17, 15) is 4.79 Å². The Hall–Kier alpha value is -2.41. The summed E-state index contributed by atoms with van der Waals surface area (Å²) in [6.07, 6.45) is 1.99. The molecule has 0 unspecified atom stereocenters. The molecule has 7 heteroatoms. The van der Waals surface area contributed by atoms with Crippen LogP contribution < -0.4 is 10.6 Å². The fourth-order valence-electron chi connectivity index (χ4n) is 2.30. The second-order valence-electron chi connectivity index (χ2n) is 7.70. The van der Waals surface area contributed by atoms with Crippen LogP contribution in [0.5, 0.6) is 0 Å². The predicted octanol–water partition coefficient (Wildman–Crippen LogP) is 4.29. The number of carbonyl (C=O) groups excluding carboxylic acids is 1. The molecule has 0 radical (unpaired) electrons. The molecule has 0 saturated carbocycles. The standard InChI is InChI=1S/C19H25N5OS/c1-12(2)16(25)21-14-8-6-13(7-9-14)10-20-17-23-24-11-15(19(3,4)5)22-18(24)26-17/h6-9,11-12H,10H2,1-5H3,(H,20,23)(H,21,25). The average molecular weight is 372 g/mol. The maximum atomic E-state index is 11.7. The molecule has 1 amide bonds. The number of anilines is 2. The molecule has 2 aromatic heterocycles. The van der Waals surface area contributed by atoms with Crippen LogP contribution in [-0.4, -0.2) is 20.5 Å². The van der Waals surface area contributed by atoms with Gasteiger partial charge in [-0.05, 0) is 17.7 Å². The summed E-state index contributed by atoms with van der Waals surface area (Å²) in [6, 6.07) is 7.84. The van der Waals surface area contributed by atoms with Crippen LogP contribution in [-0.2, 0) is 16.8 Å². The summed E-state index contributed by atoms with van der Waals surface area (Å²) >= 11 is 1.54. The van der Waals surface area contributed by atoms with Crippen molar-refractivity contribution in [2.24, 2.45) is 5.92 Å². The zero-order chi connectivity index (χ0) is 18.9. The first kappa shape index (κ1) is 18.4. The highest BCUT2D eigenvalue weighted by molar-refractivity contribution is 7.20. The first-order chi connectivity index (χ1) is 12.2. The van der Waals surface area contributed by atoms with Gasteiger partial charge >= 0.3 is 0 Å². The lowest BCUT2D eigenvalue weighted by atomic mass is 9.93. The van der Waals surface area contributed by atoms with E-state index in [2.05, 4.69) is 41.5 Å². The molecule has 2 heterocycles. The van der Waals surface area contributed by atoms with Gasteiger partial charge in [-0.15, -0.1) is 5.10 Å². The van der Waals surface area contributed by atoms with E-state index in [1.807, 2.05) is 48.8 Å². The summed E-state index contributed by atoms with van der Waals surface area (Å²) in [5.41, 5.74) is 3.00. The fraction of sp³-hybridized carbons (Fsp3) is 0.421. The van der Waals surface area contributed by atoms with Gasteiger partial charge in [-0.25, -0.2) is 9.50 Å². The minimum atomic E-state index is -0.0287. The van der Waals surface area contributed by atoms with Crippen molar-refractivity contribution >= 4 is 33.0 Å². The third-order valence-electron chi connectivity index (χ3n) is 4.00. The van der Waals surface area contributed by atoms with Gasteiger partial charge in [0.1, 0.15) is 0 Å². The van der Waals surface area contributed by atoms with Gasteiger partial charge in [0.25, 0.3) is 0 Å². The van der Waals surface area contributed by atoms with E-state index in [-0.39, 0.29) is 17.2 Å². The smallest absolute Gasteiger partial charge is 0.226 e. The van der Waals surface area contributed by atoms with Crippen LogP contribution in [0.4, 0.5) is 10.8 Å². The molecule has 0 atom stereocenters. The van der Waals surface area contributed by atoms with Crippen LogP contribution >= 0.6 is 11.3 Å². The highest BCUT2D eigenvalue weighted by atomic mass is 32.1. The lowest BCUT2D eigenvalue weighted by Crippen LogP contribution is -2.17.